The van der Waals surface area contributed by atoms with E-state index in [1.807, 2.05) is 44.2 Å². The van der Waals surface area contributed by atoms with Crippen molar-refractivity contribution in [3.05, 3.63) is 53.9 Å². The Morgan fingerprint density at radius 3 is 2.82 bits per heavy atom. The molecule has 1 fully saturated rings. The number of hydrogen-bond donors (Lipinski definition) is 3. The van der Waals surface area contributed by atoms with Crippen LogP contribution in [0.2, 0.25) is 0 Å². The van der Waals surface area contributed by atoms with Crippen LogP contribution in [-0.2, 0) is 4.79 Å². The van der Waals surface area contributed by atoms with Gasteiger partial charge in [-0.1, -0.05) is 35.5 Å². The van der Waals surface area contributed by atoms with Crippen LogP contribution in [0.25, 0.3) is 11.3 Å². The first-order chi connectivity index (χ1) is 13.5. The van der Waals surface area contributed by atoms with E-state index in [0.717, 1.165) is 5.56 Å². The molecule has 0 radical (unpaired) electrons. The average Bonchev–Trinajstić information content (AvgIpc) is 3.29. The zero-order valence-electron chi connectivity index (χ0n) is 15.5. The van der Waals surface area contributed by atoms with Crippen LogP contribution in [0.4, 0.5) is 5.82 Å². The molecule has 2 amide bonds. The normalized spacial score (nSPS) is 19.3. The Bertz CT molecular complexity index is 1010. The molecule has 3 aromatic rings. The molecule has 1 aliphatic rings. The number of rotatable bonds is 4. The van der Waals surface area contributed by atoms with Crippen LogP contribution in [0.5, 0.6) is 0 Å². The number of aromatic nitrogens is 3. The van der Waals surface area contributed by atoms with Gasteiger partial charge in [0.1, 0.15) is 5.82 Å². The Morgan fingerprint density at radius 1 is 1.29 bits per heavy atom. The van der Waals surface area contributed by atoms with Gasteiger partial charge >= 0.3 is 0 Å². The molecule has 9 heteroatoms. The van der Waals surface area contributed by atoms with Crippen molar-refractivity contribution in [3.8, 4) is 11.3 Å². The number of carbonyl (C=O) groups excluding carboxylic acids is 2. The molecule has 0 bridgehead atoms. The Hall–Kier alpha value is -3.46. The Kier molecular flexibility index (Phi) is 4.66. The second-order valence-electron chi connectivity index (χ2n) is 6.75. The van der Waals surface area contributed by atoms with Crippen molar-refractivity contribution in [2.24, 2.45) is 0 Å². The number of benzene rings is 1. The van der Waals surface area contributed by atoms with Crippen LogP contribution in [0.1, 0.15) is 35.8 Å². The van der Waals surface area contributed by atoms with E-state index in [1.54, 1.807) is 16.8 Å². The second kappa shape index (κ2) is 7.28. The van der Waals surface area contributed by atoms with Gasteiger partial charge in [0.05, 0.1) is 5.69 Å². The average molecular weight is 380 g/mol. The summed E-state index contributed by atoms with van der Waals surface area (Å²) in [5.74, 6) is 0.442. The molecule has 144 valence electrons. The Morgan fingerprint density at radius 2 is 2.07 bits per heavy atom. The summed E-state index contributed by atoms with van der Waals surface area (Å²) in [5, 5.41) is 17.1. The minimum absolute atomic E-state index is 0.00391. The van der Waals surface area contributed by atoms with Gasteiger partial charge in [0.2, 0.25) is 5.91 Å². The molecule has 0 spiro atoms. The molecule has 0 aliphatic carbocycles. The fourth-order valence-corrected chi connectivity index (χ4v) is 3.10. The molecule has 28 heavy (non-hydrogen) atoms. The summed E-state index contributed by atoms with van der Waals surface area (Å²) in [6.07, 6.45) is -0.156. The van der Waals surface area contributed by atoms with Crippen molar-refractivity contribution in [1.29, 1.82) is 0 Å². The first-order valence-electron chi connectivity index (χ1n) is 8.94. The minimum atomic E-state index is -0.544. The minimum Gasteiger partial charge on any atom is -0.355 e. The Balaban J connectivity index is 1.54. The summed E-state index contributed by atoms with van der Waals surface area (Å²) in [6, 6.07) is 12.7. The van der Waals surface area contributed by atoms with Gasteiger partial charge in [0, 0.05) is 30.2 Å². The molecule has 2 atom stereocenters. The van der Waals surface area contributed by atoms with E-state index < -0.39 is 12.2 Å². The molecular formula is C19H20N6O3. The van der Waals surface area contributed by atoms with E-state index in [4.69, 9.17) is 4.52 Å². The lowest BCUT2D eigenvalue weighted by molar-refractivity contribution is -0.125. The summed E-state index contributed by atoms with van der Waals surface area (Å²) in [4.78, 5) is 24.5. The van der Waals surface area contributed by atoms with Gasteiger partial charge in [-0.3, -0.25) is 14.9 Å². The molecule has 1 aliphatic heterocycles. The van der Waals surface area contributed by atoms with Gasteiger partial charge in [-0.15, -0.1) is 0 Å². The molecule has 4 rings (SSSR count). The molecule has 2 aromatic heterocycles. The van der Waals surface area contributed by atoms with Crippen LogP contribution in [-0.4, -0.2) is 32.8 Å². The van der Waals surface area contributed by atoms with Crippen molar-refractivity contribution < 1.29 is 14.1 Å². The number of aryl methyl sites for hydroxylation is 1. The number of nitrogens with zero attached hydrogens (tertiary/aromatic N) is 3. The maximum Gasteiger partial charge on any atom is 0.279 e. The molecule has 1 aromatic carbocycles. The summed E-state index contributed by atoms with van der Waals surface area (Å²) >= 11 is 0. The van der Waals surface area contributed by atoms with Gasteiger partial charge in [-0.2, -0.15) is 5.10 Å². The van der Waals surface area contributed by atoms with Crippen LogP contribution in [0.15, 0.2) is 47.0 Å². The predicted molar refractivity (Wildman–Crippen MR) is 101 cm³/mol. The summed E-state index contributed by atoms with van der Waals surface area (Å²) in [7, 11) is 0. The number of nitrogens with one attached hydrogen (secondary N) is 3. The first kappa shape index (κ1) is 17.9. The topological polar surface area (TPSA) is 114 Å². The van der Waals surface area contributed by atoms with Gasteiger partial charge in [0.15, 0.2) is 17.7 Å². The zero-order chi connectivity index (χ0) is 19.7. The molecule has 9 nitrogen and oxygen atoms in total. The van der Waals surface area contributed by atoms with Crippen LogP contribution < -0.4 is 16.0 Å². The lowest BCUT2D eigenvalue weighted by atomic mass is 10.1. The highest BCUT2D eigenvalue weighted by atomic mass is 16.5. The van der Waals surface area contributed by atoms with Crippen LogP contribution in [0, 0.1) is 6.92 Å². The lowest BCUT2D eigenvalue weighted by Gasteiger charge is -2.30. The molecular weight excluding hydrogens is 360 g/mol. The number of anilines is 1. The highest BCUT2D eigenvalue weighted by Crippen LogP contribution is 2.21. The van der Waals surface area contributed by atoms with E-state index in [2.05, 4.69) is 26.2 Å². The monoisotopic (exact) mass is 380 g/mol. The number of carbonyl (C=O) groups is 2. The molecule has 2 unspecified atom stereocenters. The number of amides is 2. The highest BCUT2D eigenvalue weighted by Gasteiger charge is 2.27. The second-order valence-corrected chi connectivity index (χ2v) is 6.75. The van der Waals surface area contributed by atoms with Gasteiger partial charge in [-0.25, -0.2) is 4.68 Å². The van der Waals surface area contributed by atoms with Gasteiger partial charge in [0.25, 0.3) is 5.91 Å². The lowest BCUT2D eigenvalue weighted by Crippen LogP contribution is -2.52. The van der Waals surface area contributed by atoms with E-state index in [1.165, 1.54) is 0 Å². The standard InChI is InChI=1S/C19H20N6O3/c1-11-9-17(26)22-19(20-11)25-16(8-12(2)23-25)21-18(27)14-10-15(28-24-14)13-6-4-3-5-7-13/h3-8,10-11,19-20H,9H2,1-2H3,(H,21,27)(H,22,26). The summed E-state index contributed by atoms with van der Waals surface area (Å²) in [6.45, 7) is 3.73. The third-order valence-electron chi connectivity index (χ3n) is 4.38. The van der Waals surface area contributed by atoms with E-state index in [-0.39, 0.29) is 17.6 Å². The maximum atomic E-state index is 12.6. The largest absolute Gasteiger partial charge is 0.355 e. The molecule has 3 heterocycles. The van der Waals surface area contributed by atoms with Gasteiger partial charge < -0.3 is 15.2 Å². The third-order valence-corrected chi connectivity index (χ3v) is 4.38. The first-order valence-corrected chi connectivity index (χ1v) is 8.94. The van der Waals surface area contributed by atoms with Crippen molar-refractivity contribution in [3.63, 3.8) is 0 Å². The van der Waals surface area contributed by atoms with Gasteiger partial charge in [-0.05, 0) is 13.8 Å². The fourth-order valence-electron chi connectivity index (χ4n) is 3.10. The van der Waals surface area contributed by atoms with Crippen molar-refractivity contribution >= 4 is 17.6 Å². The molecule has 3 N–H and O–H groups in total. The summed E-state index contributed by atoms with van der Waals surface area (Å²) < 4.78 is 6.83. The third kappa shape index (κ3) is 3.65. The molecule has 0 saturated carbocycles. The van der Waals surface area contributed by atoms with E-state index in [9.17, 15) is 9.59 Å². The fraction of sp³-hybridized carbons (Fsp3) is 0.263. The smallest absolute Gasteiger partial charge is 0.279 e. The molecule has 1 saturated heterocycles. The number of hydrogen-bond acceptors (Lipinski definition) is 6. The predicted octanol–water partition coefficient (Wildman–Crippen LogP) is 2.05. The SMILES string of the molecule is Cc1cc(NC(=O)c2cc(-c3ccccc3)on2)n(C2NC(=O)CC(C)N2)n1. The Labute approximate surface area is 161 Å². The zero-order valence-corrected chi connectivity index (χ0v) is 15.5. The van der Waals surface area contributed by atoms with Crippen LogP contribution >= 0.6 is 0 Å². The maximum absolute atomic E-state index is 12.6. The van der Waals surface area contributed by atoms with Crippen molar-refractivity contribution in [1.82, 2.24) is 25.6 Å². The van der Waals surface area contributed by atoms with Crippen molar-refractivity contribution in [2.75, 3.05) is 5.32 Å². The summed E-state index contributed by atoms with van der Waals surface area (Å²) in [5.41, 5.74) is 1.69. The van der Waals surface area contributed by atoms with Crippen molar-refractivity contribution in [2.45, 2.75) is 32.6 Å². The quantitative estimate of drug-likeness (QED) is 0.638. The van der Waals surface area contributed by atoms with E-state index in [0.29, 0.717) is 23.7 Å². The van der Waals surface area contributed by atoms with E-state index >= 15 is 0 Å². The van der Waals surface area contributed by atoms with Crippen LogP contribution in [0.3, 0.4) is 0 Å². The highest BCUT2D eigenvalue weighted by molar-refractivity contribution is 6.02.